The van der Waals surface area contributed by atoms with Crippen LogP contribution in [0.2, 0.25) is 0 Å². The van der Waals surface area contributed by atoms with Crippen molar-refractivity contribution >= 4 is 30.3 Å². The second-order valence-corrected chi connectivity index (χ2v) is 4.84. The minimum Gasteiger partial charge on any atom is -0.497 e. The molecule has 4 N–H and O–H groups in total. The Hall–Kier alpha value is -2.32. The highest BCUT2D eigenvalue weighted by molar-refractivity contribution is 5.89. The Morgan fingerprint density at radius 3 is 2.25 bits per heavy atom. The molecular formula is C15H21ClN2O6. The van der Waals surface area contributed by atoms with Crippen molar-refractivity contribution < 1.29 is 29.0 Å². The first kappa shape index (κ1) is 21.7. The van der Waals surface area contributed by atoms with Crippen molar-refractivity contribution in [3.8, 4) is 5.75 Å². The highest BCUT2D eigenvalue weighted by Crippen LogP contribution is 2.13. The van der Waals surface area contributed by atoms with Gasteiger partial charge in [-0.2, -0.15) is 0 Å². The summed E-state index contributed by atoms with van der Waals surface area (Å²) in [5.41, 5.74) is 6.25. The number of methoxy groups -OCH3 is 2. The zero-order valence-corrected chi connectivity index (χ0v) is 14.2. The number of carboxylic acids is 1. The van der Waals surface area contributed by atoms with Crippen LogP contribution in [-0.2, 0) is 25.5 Å². The van der Waals surface area contributed by atoms with Crippen molar-refractivity contribution in [2.24, 2.45) is 5.73 Å². The number of rotatable bonds is 8. The van der Waals surface area contributed by atoms with Crippen molar-refractivity contribution in [1.82, 2.24) is 5.32 Å². The predicted octanol–water partition coefficient (Wildman–Crippen LogP) is 0.119. The Morgan fingerprint density at radius 2 is 1.79 bits per heavy atom. The van der Waals surface area contributed by atoms with Crippen LogP contribution in [0.5, 0.6) is 5.75 Å². The third-order valence-corrected chi connectivity index (χ3v) is 3.13. The number of carboxylic acid groups (broad SMARTS) is 1. The number of esters is 1. The van der Waals surface area contributed by atoms with E-state index < -0.39 is 36.4 Å². The van der Waals surface area contributed by atoms with Gasteiger partial charge in [0.05, 0.1) is 26.7 Å². The normalized spacial score (nSPS) is 12.3. The van der Waals surface area contributed by atoms with Gasteiger partial charge >= 0.3 is 11.9 Å². The molecule has 1 amide bonds. The van der Waals surface area contributed by atoms with E-state index in [1.54, 1.807) is 24.3 Å². The number of hydrogen-bond acceptors (Lipinski definition) is 6. The summed E-state index contributed by atoms with van der Waals surface area (Å²) in [5, 5.41) is 11.1. The average molecular weight is 361 g/mol. The summed E-state index contributed by atoms with van der Waals surface area (Å²) in [5.74, 6) is -1.90. The number of carbonyl (C=O) groups excluding carboxylic acids is 2. The van der Waals surface area contributed by atoms with Crippen LogP contribution in [0.3, 0.4) is 0 Å². The van der Waals surface area contributed by atoms with Crippen LogP contribution in [0.1, 0.15) is 12.0 Å². The summed E-state index contributed by atoms with van der Waals surface area (Å²) in [7, 11) is 2.74. The maximum Gasteiger partial charge on any atom is 0.328 e. The number of ether oxygens (including phenoxy) is 2. The van der Waals surface area contributed by atoms with Gasteiger partial charge in [-0.25, -0.2) is 4.79 Å². The van der Waals surface area contributed by atoms with Crippen LogP contribution in [0.25, 0.3) is 0 Å². The summed E-state index contributed by atoms with van der Waals surface area (Å²) >= 11 is 0. The molecule has 0 aliphatic carbocycles. The lowest BCUT2D eigenvalue weighted by atomic mass is 10.0. The van der Waals surface area contributed by atoms with E-state index in [9.17, 15) is 14.4 Å². The SMILES string of the molecule is COC(=O)[C@H](Cc1ccc(OC)cc1)NC(=O)[C@@H](N)CC(=O)O.Cl. The van der Waals surface area contributed by atoms with Gasteiger partial charge in [0.25, 0.3) is 0 Å². The number of nitrogens with one attached hydrogen (secondary N) is 1. The Balaban J connectivity index is 0.00000529. The summed E-state index contributed by atoms with van der Waals surface area (Å²) in [6.45, 7) is 0. The quantitative estimate of drug-likeness (QED) is 0.561. The van der Waals surface area contributed by atoms with Gasteiger partial charge in [-0.3, -0.25) is 9.59 Å². The fourth-order valence-corrected chi connectivity index (χ4v) is 1.89. The summed E-state index contributed by atoms with van der Waals surface area (Å²) in [4.78, 5) is 34.3. The fourth-order valence-electron chi connectivity index (χ4n) is 1.89. The lowest BCUT2D eigenvalue weighted by molar-refractivity contribution is -0.145. The van der Waals surface area contributed by atoms with Gasteiger partial charge in [-0.1, -0.05) is 12.1 Å². The molecule has 0 saturated carbocycles. The van der Waals surface area contributed by atoms with Gasteiger partial charge in [0.1, 0.15) is 11.8 Å². The molecule has 1 rings (SSSR count). The molecule has 134 valence electrons. The van der Waals surface area contributed by atoms with Gasteiger partial charge in [-0.05, 0) is 17.7 Å². The predicted molar refractivity (Wildman–Crippen MR) is 88.1 cm³/mol. The van der Waals surface area contributed by atoms with E-state index in [0.29, 0.717) is 5.75 Å². The summed E-state index contributed by atoms with van der Waals surface area (Å²) in [6, 6.07) is 4.75. The van der Waals surface area contributed by atoms with E-state index in [1.165, 1.54) is 14.2 Å². The number of amides is 1. The van der Waals surface area contributed by atoms with E-state index in [0.717, 1.165) is 5.56 Å². The third-order valence-electron chi connectivity index (χ3n) is 3.13. The minimum atomic E-state index is -1.24. The number of carbonyl (C=O) groups is 3. The van der Waals surface area contributed by atoms with Gasteiger partial charge in [0.2, 0.25) is 5.91 Å². The average Bonchev–Trinajstić information content (AvgIpc) is 2.53. The Bertz CT molecular complexity index is 564. The molecule has 0 aliphatic rings. The van der Waals surface area contributed by atoms with Gasteiger partial charge < -0.3 is 25.6 Å². The molecule has 0 unspecified atom stereocenters. The van der Waals surface area contributed by atoms with Crippen LogP contribution in [0.15, 0.2) is 24.3 Å². The molecule has 0 radical (unpaired) electrons. The molecule has 0 aliphatic heterocycles. The molecule has 0 heterocycles. The maximum absolute atomic E-state index is 11.9. The molecule has 8 nitrogen and oxygen atoms in total. The van der Waals surface area contributed by atoms with Crippen molar-refractivity contribution in [2.75, 3.05) is 14.2 Å². The molecule has 0 saturated heterocycles. The van der Waals surface area contributed by atoms with Crippen molar-refractivity contribution in [3.63, 3.8) is 0 Å². The third kappa shape index (κ3) is 6.84. The number of halogens is 1. The van der Waals surface area contributed by atoms with Gasteiger partial charge in [-0.15, -0.1) is 12.4 Å². The molecule has 0 fully saturated rings. The fraction of sp³-hybridized carbons (Fsp3) is 0.400. The Labute approximate surface area is 145 Å². The largest absolute Gasteiger partial charge is 0.497 e. The van der Waals surface area contributed by atoms with E-state index in [1.807, 2.05) is 0 Å². The number of hydrogen-bond donors (Lipinski definition) is 3. The molecule has 24 heavy (non-hydrogen) atoms. The lowest BCUT2D eigenvalue weighted by Crippen LogP contribution is -2.50. The van der Waals surface area contributed by atoms with E-state index in [-0.39, 0.29) is 18.8 Å². The number of aliphatic carboxylic acids is 1. The molecule has 0 bridgehead atoms. The Kier molecular flexibility index (Phi) is 9.44. The van der Waals surface area contributed by atoms with Crippen LogP contribution >= 0.6 is 12.4 Å². The first-order valence-electron chi connectivity index (χ1n) is 6.86. The monoisotopic (exact) mass is 360 g/mol. The summed E-state index contributed by atoms with van der Waals surface area (Å²) in [6.07, 6.45) is -0.343. The van der Waals surface area contributed by atoms with Crippen LogP contribution in [0, 0.1) is 0 Å². The Morgan fingerprint density at radius 1 is 1.21 bits per heavy atom. The zero-order valence-electron chi connectivity index (χ0n) is 13.4. The molecule has 0 aromatic heterocycles. The highest BCUT2D eigenvalue weighted by atomic mass is 35.5. The van der Waals surface area contributed by atoms with Crippen molar-refractivity contribution in [1.29, 1.82) is 0 Å². The first-order chi connectivity index (χ1) is 10.9. The number of benzene rings is 1. The molecular weight excluding hydrogens is 340 g/mol. The second kappa shape index (κ2) is 10.5. The van der Waals surface area contributed by atoms with Crippen LogP contribution in [-0.4, -0.2) is 49.3 Å². The van der Waals surface area contributed by atoms with Crippen molar-refractivity contribution in [3.05, 3.63) is 29.8 Å². The summed E-state index contributed by atoms with van der Waals surface area (Å²) < 4.78 is 9.70. The standard InChI is InChI=1S/C15H20N2O6.ClH/c1-22-10-5-3-9(4-6-10)7-12(15(21)23-2)17-14(20)11(16)8-13(18)19;/h3-6,11-12H,7-8,16H2,1-2H3,(H,17,20)(H,18,19);1H/t11-,12-;/m0./s1. The second-order valence-electron chi connectivity index (χ2n) is 4.84. The van der Waals surface area contributed by atoms with E-state index in [2.05, 4.69) is 10.1 Å². The van der Waals surface area contributed by atoms with Crippen LogP contribution < -0.4 is 15.8 Å². The lowest BCUT2D eigenvalue weighted by Gasteiger charge is -2.18. The van der Waals surface area contributed by atoms with Gasteiger partial charge in [0.15, 0.2) is 0 Å². The van der Waals surface area contributed by atoms with Crippen molar-refractivity contribution in [2.45, 2.75) is 24.9 Å². The van der Waals surface area contributed by atoms with E-state index >= 15 is 0 Å². The molecule has 0 spiro atoms. The molecule has 2 atom stereocenters. The molecule has 9 heteroatoms. The first-order valence-corrected chi connectivity index (χ1v) is 6.86. The smallest absolute Gasteiger partial charge is 0.328 e. The minimum absolute atomic E-state index is 0. The van der Waals surface area contributed by atoms with Crippen LogP contribution in [0.4, 0.5) is 0 Å². The highest BCUT2D eigenvalue weighted by Gasteiger charge is 2.25. The van der Waals surface area contributed by atoms with Gasteiger partial charge in [0, 0.05) is 6.42 Å². The zero-order chi connectivity index (χ0) is 17.4. The maximum atomic E-state index is 11.9. The number of nitrogens with two attached hydrogens (primary N) is 1. The molecule has 1 aromatic carbocycles. The molecule has 1 aromatic rings. The van der Waals surface area contributed by atoms with E-state index in [4.69, 9.17) is 15.6 Å². The topological polar surface area (TPSA) is 128 Å².